The van der Waals surface area contributed by atoms with Gasteiger partial charge in [-0.15, -0.1) is 0 Å². The van der Waals surface area contributed by atoms with E-state index in [1.54, 1.807) is 6.07 Å². The minimum absolute atomic E-state index is 0.140. The summed E-state index contributed by atoms with van der Waals surface area (Å²) in [6.45, 7) is 1.91. The number of benzene rings is 1. The fourth-order valence-corrected chi connectivity index (χ4v) is 2.03. The maximum Gasteiger partial charge on any atom is 0.288 e. The fraction of sp³-hybridized carbons (Fsp3) is 0.214. The normalized spacial score (nSPS) is 12.8. The van der Waals surface area contributed by atoms with E-state index in [1.165, 1.54) is 12.3 Å². The van der Waals surface area contributed by atoms with Gasteiger partial charge in [0.05, 0.1) is 6.26 Å². The zero-order chi connectivity index (χ0) is 15.5. The van der Waals surface area contributed by atoms with Gasteiger partial charge in [-0.25, -0.2) is 0 Å². The second-order valence-electron chi connectivity index (χ2n) is 4.38. The largest absolute Gasteiger partial charge is 0.459 e. The third kappa shape index (κ3) is 4.30. The monoisotopic (exact) mass is 346 g/mol. The number of rotatable bonds is 4. The molecule has 0 fully saturated rings. The Kier molecular flexibility index (Phi) is 5.04. The van der Waals surface area contributed by atoms with Crippen LogP contribution in [-0.2, 0) is 0 Å². The molecule has 112 valence electrons. The molecule has 1 amide bonds. The molecule has 2 rings (SSSR count). The number of amides is 1. The Hall–Kier alpha value is -1.36. The number of para-hydroxylation sites is 1. The molecule has 7 heteroatoms. The minimum Gasteiger partial charge on any atom is -0.459 e. The molecule has 1 aromatic carbocycles. The molecule has 1 aromatic heterocycles. The van der Waals surface area contributed by atoms with Crippen molar-refractivity contribution >= 4 is 46.4 Å². The zero-order valence-corrected chi connectivity index (χ0v) is 13.3. The van der Waals surface area contributed by atoms with E-state index in [0.717, 1.165) is 11.3 Å². The van der Waals surface area contributed by atoms with Crippen molar-refractivity contribution in [2.45, 2.75) is 16.9 Å². The molecule has 0 radical (unpaired) electrons. The van der Waals surface area contributed by atoms with E-state index in [1.807, 2.05) is 31.2 Å². The van der Waals surface area contributed by atoms with Crippen LogP contribution in [0.5, 0.6) is 0 Å². The van der Waals surface area contributed by atoms with Gasteiger partial charge >= 0.3 is 0 Å². The molecular weight excluding hydrogens is 335 g/mol. The minimum atomic E-state index is -1.73. The van der Waals surface area contributed by atoms with Crippen LogP contribution in [0.1, 0.15) is 16.1 Å². The smallest absolute Gasteiger partial charge is 0.288 e. The Labute approximate surface area is 137 Å². The number of carbonyl (C=O) groups is 1. The lowest BCUT2D eigenvalue weighted by molar-refractivity contribution is 0.0914. The second-order valence-corrected chi connectivity index (χ2v) is 6.75. The summed E-state index contributed by atoms with van der Waals surface area (Å²) in [4.78, 5) is 12.0. The summed E-state index contributed by atoms with van der Waals surface area (Å²) in [5, 5.41) is 5.61. The maximum absolute atomic E-state index is 12.0. The molecule has 0 saturated carbocycles. The van der Waals surface area contributed by atoms with E-state index in [4.69, 9.17) is 39.2 Å². The molecule has 4 nitrogen and oxygen atoms in total. The summed E-state index contributed by atoms with van der Waals surface area (Å²) >= 11 is 17.8. The number of anilines is 1. The average Bonchev–Trinajstić information content (AvgIpc) is 2.93. The van der Waals surface area contributed by atoms with E-state index >= 15 is 0 Å². The fourth-order valence-electron chi connectivity index (χ4n) is 1.70. The number of nitrogens with one attached hydrogen (secondary N) is 2. The van der Waals surface area contributed by atoms with Crippen LogP contribution in [0.4, 0.5) is 5.69 Å². The topological polar surface area (TPSA) is 54.3 Å². The predicted molar refractivity (Wildman–Crippen MR) is 85.1 cm³/mol. The van der Waals surface area contributed by atoms with Crippen LogP contribution in [0.15, 0.2) is 47.1 Å². The van der Waals surface area contributed by atoms with Crippen LogP contribution < -0.4 is 10.6 Å². The van der Waals surface area contributed by atoms with Crippen LogP contribution in [0, 0.1) is 6.92 Å². The number of carbonyl (C=O) groups excluding carboxylic acids is 1. The third-order valence-electron chi connectivity index (χ3n) is 2.79. The number of alkyl halides is 3. The van der Waals surface area contributed by atoms with E-state index < -0.39 is 15.9 Å². The number of furan rings is 1. The molecular formula is C14H13Cl3N2O2. The van der Waals surface area contributed by atoms with Crippen molar-refractivity contribution in [2.24, 2.45) is 0 Å². The van der Waals surface area contributed by atoms with Crippen LogP contribution in [-0.4, -0.2) is 15.9 Å². The number of aryl methyl sites for hydroxylation is 1. The van der Waals surface area contributed by atoms with Gasteiger partial charge in [-0.2, -0.15) is 0 Å². The van der Waals surface area contributed by atoms with Crippen molar-refractivity contribution in [3.8, 4) is 0 Å². The van der Waals surface area contributed by atoms with Gasteiger partial charge in [0.25, 0.3) is 5.91 Å². The standard InChI is InChI=1S/C14H13Cl3N2O2/c1-9-5-2-3-6-10(9)18-13(14(15,16)17)19-12(20)11-7-4-8-21-11/h2-8,13,18H,1H3,(H,19,20)/t13-/m0/s1. The quantitative estimate of drug-likeness (QED) is 0.646. The van der Waals surface area contributed by atoms with Crippen molar-refractivity contribution in [3.63, 3.8) is 0 Å². The summed E-state index contributed by atoms with van der Waals surface area (Å²) in [6, 6.07) is 10.6. The molecule has 21 heavy (non-hydrogen) atoms. The number of halogens is 3. The van der Waals surface area contributed by atoms with Crippen LogP contribution in [0.3, 0.4) is 0 Å². The first kappa shape index (κ1) is 16.0. The first-order valence-corrected chi connectivity index (χ1v) is 7.24. The van der Waals surface area contributed by atoms with Crippen LogP contribution >= 0.6 is 34.8 Å². The molecule has 2 aromatic rings. The Bertz CT molecular complexity index is 609. The molecule has 2 N–H and O–H groups in total. The molecule has 0 saturated heterocycles. The molecule has 1 heterocycles. The van der Waals surface area contributed by atoms with Gasteiger partial charge in [-0.05, 0) is 30.7 Å². The van der Waals surface area contributed by atoms with Gasteiger partial charge in [-0.1, -0.05) is 53.0 Å². The van der Waals surface area contributed by atoms with Crippen molar-refractivity contribution in [3.05, 3.63) is 54.0 Å². The van der Waals surface area contributed by atoms with Gasteiger partial charge in [-0.3, -0.25) is 4.79 Å². The third-order valence-corrected chi connectivity index (χ3v) is 3.45. The highest BCUT2D eigenvalue weighted by Crippen LogP contribution is 2.31. The average molecular weight is 348 g/mol. The van der Waals surface area contributed by atoms with E-state index in [-0.39, 0.29) is 5.76 Å². The lowest BCUT2D eigenvalue weighted by Crippen LogP contribution is -2.49. The Morgan fingerprint density at radius 1 is 1.19 bits per heavy atom. The molecule has 0 unspecified atom stereocenters. The maximum atomic E-state index is 12.0. The molecule has 0 aliphatic rings. The molecule has 0 aliphatic carbocycles. The SMILES string of the molecule is Cc1ccccc1N[C@@H](NC(=O)c1ccco1)C(Cl)(Cl)Cl. The first-order chi connectivity index (χ1) is 9.88. The van der Waals surface area contributed by atoms with Crippen molar-refractivity contribution in [2.75, 3.05) is 5.32 Å². The van der Waals surface area contributed by atoms with Crippen molar-refractivity contribution in [1.82, 2.24) is 5.32 Å². The summed E-state index contributed by atoms with van der Waals surface area (Å²) in [5.41, 5.74) is 1.72. The summed E-state index contributed by atoms with van der Waals surface area (Å²) in [7, 11) is 0. The summed E-state index contributed by atoms with van der Waals surface area (Å²) in [5.74, 6) is -0.335. The predicted octanol–water partition coefficient (Wildman–Crippen LogP) is 4.13. The lowest BCUT2D eigenvalue weighted by Gasteiger charge is -2.27. The van der Waals surface area contributed by atoms with Crippen molar-refractivity contribution < 1.29 is 9.21 Å². The van der Waals surface area contributed by atoms with E-state index in [2.05, 4.69) is 10.6 Å². The number of hydrogen-bond acceptors (Lipinski definition) is 3. The highest BCUT2D eigenvalue weighted by Gasteiger charge is 2.34. The van der Waals surface area contributed by atoms with Gasteiger partial charge in [0.2, 0.25) is 3.79 Å². The Morgan fingerprint density at radius 3 is 2.48 bits per heavy atom. The summed E-state index contributed by atoms with van der Waals surface area (Å²) < 4.78 is 3.28. The first-order valence-electron chi connectivity index (χ1n) is 6.11. The molecule has 0 bridgehead atoms. The van der Waals surface area contributed by atoms with Gasteiger partial charge < -0.3 is 15.1 Å². The highest BCUT2D eigenvalue weighted by atomic mass is 35.6. The van der Waals surface area contributed by atoms with Gasteiger partial charge in [0.15, 0.2) is 5.76 Å². The van der Waals surface area contributed by atoms with Gasteiger partial charge in [0, 0.05) is 5.69 Å². The number of hydrogen-bond donors (Lipinski definition) is 2. The zero-order valence-electron chi connectivity index (χ0n) is 11.1. The second kappa shape index (κ2) is 6.60. The highest BCUT2D eigenvalue weighted by molar-refractivity contribution is 6.68. The molecule has 0 spiro atoms. The molecule has 1 atom stereocenters. The van der Waals surface area contributed by atoms with Crippen molar-refractivity contribution in [1.29, 1.82) is 0 Å². The van der Waals surface area contributed by atoms with Crippen LogP contribution in [0.2, 0.25) is 0 Å². The Balaban J connectivity index is 2.16. The molecule has 0 aliphatic heterocycles. The van der Waals surface area contributed by atoms with Gasteiger partial charge in [0.1, 0.15) is 6.17 Å². The van der Waals surface area contributed by atoms with E-state index in [9.17, 15) is 4.79 Å². The Morgan fingerprint density at radius 2 is 1.90 bits per heavy atom. The van der Waals surface area contributed by atoms with Crippen LogP contribution in [0.25, 0.3) is 0 Å². The summed E-state index contributed by atoms with van der Waals surface area (Å²) in [6.07, 6.45) is 0.481. The van der Waals surface area contributed by atoms with E-state index in [0.29, 0.717) is 0 Å². The lowest BCUT2D eigenvalue weighted by atomic mass is 10.2.